The fourth-order valence-electron chi connectivity index (χ4n) is 3.03. The van der Waals surface area contributed by atoms with Crippen LogP contribution in [0.3, 0.4) is 0 Å². The van der Waals surface area contributed by atoms with Crippen LogP contribution in [-0.2, 0) is 29.0 Å². The molecule has 0 saturated carbocycles. The SMILES string of the molecule is Cc1ccc(CC(=O)NCc2ccccc2CN2CCOCC2)cc1. The summed E-state index contributed by atoms with van der Waals surface area (Å²) in [7, 11) is 0. The number of rotatable bonds is 6. The van der Waals surface area contributed by atoms with E-state index in [9.17, 15) is 4.79 Å². The number of amides is 1. The van der Waals surface area contributed by atoms with Gasteiger partial charge in [0.2, 0.25) is 5.91 Å². The highest BCUT2D eigenvalue weighted by Gasteiger charge is 2.13. The van der Waals surface area contributed by atoms with E-state index in [1.807, 2.05) is 30.3 Å². The zero-order chi connectivity index (χ0) is 17.5. The number of morpholine rings is 1. The minimum absolute atomic E-state index is 0.0602. The van der Waals surface area contributed by atoms with Crippen molar-refractivity contribution < 1.29 is 9.53 Å². The van der Waals surface area contributed by atoms with Crippen molar-refractivity contribution in [3.63, 3.8) is 0 Å². The Labute approximate surface area is 149 Å². The van der Waals surface area contributed by atoms with Gasteiger partial charge in [-0.15, -0.1) is 0 Å². The van der Waals surface area contributed by atoms with E-state index in [-0.39, 0.29) is 5.91 Å². The molecule has 1 N–H and O–H groups in total. The van der Waals surface area contributed by atoms with Crippen molar-refractivity contribution in [3.05, 3.63) is 70.8 Å². The lowest BCUT2D eigenvalue weighted by atomic mass is 10.1. The third-order valence-corrected chi connectivity index (χ3v) is 4.58. The van der Waals surface area contributed by atoms with E-state index < -0.39 is 0 Å². The lowest BCUT2D eigenvalue weighted by Gasteiger charge is -2.27. The highest BCUT2D eigenvalue weighted by molar-refractivity contribution is 5.78. The van der Waals surface area contributed by atoms with E-state index >= 15 is 0 Å². The molecule has 1 aliphatic rings. The van der Waals surface area contributed by atoms with Crippen LogP contribution < -0.4 is 5.32 Å². The van der Waals surface area contributed by atoms with Crippen LogP contribution in [0, 0.1) is 6.92 Å². The molecule has 3 rings (SSSR count). The van der Waals surface area contributed by atoms with Gasteiger partial charge in [-0.05, 0) is 23.6 Å². The molecular formula is C21H26N2O2. The van der Waals surface area contributed by atoms with Crippen molar-refractivity contribution in [2.24, 2.45) is 0 Å². The molecule has 0 atom stereocenters. The minimum atomic E-state index is 0.0602. The van der Waals surface area contributed by atoms with Gasteiger partial charge in [-0.25, -0.2) is 0 Å². The Morgan fingerprint density at radius 2 is 1.72 bits per heavy atom. The summed E-state index contributed by atoms with van der Waals surface area (Å²) in [4.78, 5) is 14.6. The highest BCUT2D eigenvalue weighted by Crippen LogP contribution is 2.13. The first-order chi connectivity index (χ1) is 12.2. The Bertz CT molecular complexity index is 691. The van der Waals surface area contributed by atoms with E-state index in [2.05, 4.69) is 35.3 Å². The van der Waals surface area contributed by atoms with Crippen molar-refractivity contribution in [2.45, 2.75) is 26.4 Å². The van der Waals surface area contributed by atoms with E-state index in [1.165, 1.54) is 16.7 Å². The van der Waals surface area contributed by atoms with Gasteiger partial charge in [0.25, 0.3) is 0 Å². The molecular weight excluding hydrogens is 312 g/mol. The lowest BCUT2D eigenvalue weighted by molar-refractivity contribution is -0.120. The topological polar surface area (TPSA) is 41.6 Å². The molecule has 0 aromatic heterocycles. The molecule has 4 nitrogen and oxygen atoms in total. The molecule has 1 aliphatic heterocycles. The van der Waals surface area contributed by atoms with Gasteiger partial charge in [0.1, 0.15) is 0 Å². The summed E-state index contributed by atoms with van der Waals surface area (Å²) in [5, 5.41) is 3.06. The Balaban J connectivity index is 1.55. The molecule has 2 aromatic rings. The number of hydrogen-bond acceptors (Lipinski definition) is 3. The smallest absolute Gasteiger partial charge is 0.224 e. The Morgan fingerprint density at radius 3 is 2.44 bits per heavy atom. The van der Waals surface area contributed by atoms with Crippen LogP contribution in [0.5, 0.6) is 0 Å². The number of aryl methyl sites for hydroxylation is 1. The first-order valence-electron chi connectivity index (χ1n) is 8.90. The number of carbonyl (C=O) groups is 1. The first-order valence-corrected chi connectivity index (χ1v) is 8.90. The summed E-state index contributed by atoms with van der Waals surface area (Å²) in [6.07, 6.45) is 0.423. The van der Waals surface area contributed by atoms with Gasteiger partial charge < -0.3 is 10.1 Å². The predicted octanol–water partition coefficient (Wildman–Crippen LogP) is 2.69. The van der Waals surface area contributed by atoms with Gasteiger partial charge in [0.05, 0.1) is 19.6 Å². The van der Waals surface area contributed by atoms with Crippen molar-refractivity contribution >= 4 is 5.91 Å². The maximum absolute atomic E-state index is 12.2. The summed E-state index contributed by atoms with van der Waals surface area (Å²) >= 11 is 0. The normalized spacial score (nSPS) is 15.1. The molecule has 1 saturated heterocycles. The number of nitrogens with zero attached hydrogens (tertiary/aromatic N) is 1. The zero-order valence-electron chi connectivity index (χ0n) is 14.8. The first kappa shape index (κ1) is 17.6. The molecule has 2 aromatic carbocycles. The van der Waals surface area contributed by atoms with Gasteiger partial charge in [-0.2, -0.15) is 0 Å². The van der Waals surface area contributed by atoms with E-state index in [4.69, 9.17) is 4.74 Å². The van der Waals surface area contributed by atoms with Gasteiger partial charge in [-0.1, -0.05) is 54.1 Å². The van der Waals surface area contributed by atoms with Crippen LogP contribution >= 0.6 is 0 Å². The quantitative estimate of drug-likeness (QED) is 0.880. The molecule has 0 unspecified atom stereocenters. The highest BCUT2D eigenvalue weighted by atomic mass is 16.5. The zero-order valence-corrected chi connectivity index (χ0v) is 14.8. The maximum atomic E-state index is 12.2. The minimum Gasteiger partial charge on any atom is -0.379 e. The second kappa shape index (κ2) is 8.79. The Morgan fingerprint density at radius 1 is 1.04 bits per heavy atom. The Hall–Kier alpha value is -2.17. The maximum Gasteiger partial charge on any atom is 0.224 e. The van der Waals surface area contributed by atoms with E-state index in [1.54, 1.807) is 0 Å². The third kappa shape index (κ3) is 5.41. The predicted molar refractivity (Wildman–Crippen MR) is 99.3 cm³/mol. The van der Waals surface area contributed by atoms with Crippen molar-refractivity contribution in [2.75, 3.05) is 26.3 Å². The van der Waals surface area contributed by atoms with Crippen LogP contribution in [-0.4, -0.2) is 37.1 Å². The standard InChI is InChI=1S/C21H26N2O2/c1-17-6-8-18(9-7-17)14-21(24)22-15-19-4-2-3-5-20(19)16-23-10-12-25-13-11-23/h2-9H,10-16H2,1H3,(H,22,24). The van der Waals surface area contributed by atoms with Crippen LogP contribution in [0.4, 0.5) is 0 Å². The molecule has 1 heterocycles. The fourth-order valence-corrected chi connectivity index (χ4v) is 3.03. The average molecular weight is 338 g/mol. The largest absolute Gasteiger partial charge is 0.379 e. The van der Waals surface area contributed by atoms with Gasteiger partial charge >= 0.3 is 0 Å². The third-order valence-electron chi connectivity index (χ3n) is 4.58. The molecule has 0 radical (unpaired) electrons. The summed E-state index contributed by atoms with van der Waals surface area (Å²) in [6.45, 7) is 7.07. The van der Waals surface area contributed by atoms with Crippen LogP contribution in [0.1, 0.15) is 22.3 Å². The van der Waals surface area contributed by atoms with Crippen molar-refractivity contribution in [1.82, 2.24) is 10.2 Å². The van der Waals surface area contributed by atoms with Crippen molar-refractivity contribution in [1.29, 1.82) is 0 Å². The van der Waals surface area contributed by atoms with E-state index in [0.717, 1.165) is 38.4 Å². The summed E-state index contributed by atoms with van der Waals surface area (Å²) in [5.74, 6) is 0.0602. The number of hydrogen-bond donors (Lipinski definition) is 1. The van der Waals surface area contributed by atoms with Crippen molar-refractivity contribution in [3.8, 4) is 0 Å². The summed E-state index contributed by atoms with van der Waals surface area (Å²) < 4.78 is 5.41. The Kier molecular flexibility index (Phi) is 6.20. The van der Waals surface area contributed by atoms with Crippen LogP contribution in [0.25, 0.3) is 0 Å². The van der Waals surface area contributed by atoms with Gasteiger partial charge in [-0.3, -0.25) is 9.69 Å². The number of benzene rings is 2. The number of ether oxygens (including phenoxy) is 1. The van der Waals surface area contributed by atoms with Gasteiger partial charge in [0.15, 0.2) is 0 Å². The van der Waals surface area contributed by atoms with Gasteiger partial charge in [0, 0.05) is 26.2 Å². The fraction of sp³-hybridized carbons (Fsp3) is 0.381. The molecule has 1 amide bonds. The molecule has 0 aliphatic carbocycles. The molecule has 132 valence electrons. The molecule has 1 fully saturated rings. The van der Waals surface area contributed by atoms with E-state index in [0.29, 0.717) is 13.0 Å². The van der Waals surface area contributed by atoms with Crippen LogP contribution in [0.15, 0.2) is 48.5 Å². The average Bonchev–Trinajstić information content (AvgIpc) is 2.64. The molecule has 0 spiro atoms. The number of carbonyl (C=O) groups excluding carboxylic acids is 1. The monoisotopic (exact) mass is 338 g/mol. The second-order valence-electron chi connectivity index (χ2n) is 6.60. The summed E-state index contributed by atoms with van der Waals surface area (Å²) in [5.41, 5.74) is 4.72. The lowest BCUT2D eigenvalue weighted by Crippen LogP contribution is -2.36. The molecule has 25 heavy (non-hydrogen) atoms. The molecule has 4 heteroatoms. The molecule has 0 bridgehead atoms. The second-order valence-corrected chi connectivity index (χ2v) is 6.60. The summed E-state index contributed by atoms with van der Waals surface area (Å²) in [6, 6.07) is 16.5. The van der Waals surface area contributed by atoms with Crippen LogP contribution in [0.2, 0.25) is 0 Å². The number of nitrogens with one attached hydrogen (secondary N) is 1.